The van der Waals surface area contributed by atoms with Crippen LogP contribution >= 0.6 is 0 Å². The Kier molecular flexibility index (Phi) is 5.75. The van der Waals surface area contributed by atoms with Crippen molar-refractivity contribution in [1.82, 2.24) is 14.7 Å². The van der Waals surface area contributed by atoms with Crippen molar-refractivity contribution in [3.05, 3.63) is 48.7 Å². The summed E-state index contributed by atoms with van der Waals surface area (Å²) in [6, 6.07) is 13.3. The highest BCUT2D eigenvalue weighted by Gasteiger charge is 2.28. The van der Waals surface area contributed by atoms with Crippen LogP contribution < -0.4 is 0 Å². The van der Waals surface area contributed by atoms with Crippen molar-refractivity contribution < 1.29 is 17.9 Å². The van der Waals surface area contributed by atoms with Gasteiger partial charge in [-0.3, -0.25) is 4.68 Å². The van der Waals surface area contributed by atoms with Gasteiger partial charge in [-0.2, -0.15) is 5.10 Å². The van der Waals surface area contributed by atoms with Gasteiger partial charge in [0.1, 0.15) is 5.60 Å². The molecule has 0 spiro atoms. The van der Waals surface area contributed by atoms with E-state index in [2.05, 4.69) is 21.9 Å². The Bertz CT molecular complexity index is 1230. The Morgan fingerprint density at radius 2 is 1.66 bits per heavy atom. The maximum absolute atomic E-state index is 12.3. The first-order valence-electron chi connectivity index (χ1n) is 10.8. The van der Waals surface area contributed by atoms with E-state index in [-0.39, 0.29) is 12.1 Å². The fourth-order valence-corrected chi connectivity index (χ4v) is 4.67. The first kappa shape index (κ1) is 22.3. The molecule has 3 aromatic rings. The van der Waals surface area contributed by atoms with E-state index in [0.29, 0.717) is 18.0 Å². The second-order valence-corrected chi connectivity index (χ2v) is 11.4. The lowest BCUT2D eigenvalue weighted by Gasteiger charge is -2.33. The fourth-order valence-electron chi connectivity index (χ4n) is 4.04. The van der Waals surface area contributed by atoms with Crippen LogP contribution in [-0.4, -0.2) is 54.1 Å². The molecule has 0 unspecified atom stereocenters. The molecule has 0 saturated carbocycles. The third-order valence-electron chi connectivity index (χ3n) is 5.67. The molecular weight excluding hydrogens is 426 g/mol. The van der Waals surface area contributed by atoms with Crippen LogP contribution in [0.3, 0.4) is 0 Å². The SMILES string of the molecule is CC(C)(C)OC(=O)N1CCC(n2ncc3cc(-c4ccc(S(C)(=O)=O)cc4)ccc32)CC1. The fraction of sp³-hybridized carbons (Fsp3) is 0.417. The summed E-state index contributed by atoms with van der Waals surface area (Å²) >= 11 is 0. The van der Waals surface area contributed by atoms with Crippen molar-refractivity contribution >= 4 is 26.8 Å². The molecule has 1 aliphatic rings. The molecule has 170 valence electrons. The molecule has 2 aromatic carbocycles. The van der Waals surface area contributed by atoms with Crippen molar-refractivity contribution in [2.75, 3.05) is 19.3 Å². The van der Waals surface area contributed by atoms with Gasteiger partial charge in [-0.15, -0.1) is 0 Å². The average Bonchev–Trinajstić information content (AvgIpc) is 3.15. The smallest absolute Gasteiger partial charge is 0.410 e. The van der Waals surface area contributed by atoms with Crippen LogP contribution in [-0.2, 0) is 14.6 Å². The van der Waals surface area contributed by atoms with E-state index >= 15 is 0 Å². The van der Waals surface area contributed by atoms with E-state index in [4.69, 9.17) is 4.74 Å². The maximum atomic E-state index is 12.3. The minimum Gasteiger partial charge on any atom is -0.444 e. The number of ether oxygens (including phenoxy) is 1. The van der Waals surface area contributed by atoms with Gasteiger partial charge >= 0.3 is 6.09 Å². The predicted octanol–water partition coefficient (Wildman–Crippen LogP) is 4.68. The summed E-state index contributed by atoms with van der Waals surface area (Å²) in [7, 11) is -3.21. The first-order chi connectivity index (χ1) is 15.0. The molecule has 0 radical (unpaired) electrons. The van der Waals surface area contributed by atoms with E-state index in [1.165, 1.54) is 6.26 Å². The van der Waals surface area contributed by atoms with Crippen LogP contribution in [0.2, 0.25) is 0 Å². The standard InChI is InChI=1S/C24H29N3O4S/c1-24(2,3)31-23(28)26-13-11-20(12-14-26)27-22-10-7-18(15-19(22)16-25-27)17-5-8-21(9-6-17)32(4,29)30/h5-10,15-16,20H,11-14H2,1-4H3. The van der Waals surface area contributed by atoms with Crippen molar-refractivity contribution in [2.45, 2.75) is 50.2 Å². The molecule has 1 amide bonds. The van der Waals surface area contributed by atoms with Gasteiger partial charge in [-0.1, -0.05) is 18.2 Å². The summed E-state index contributed by atoms with van der Waals surface area (Å²) in [5.74, 6) is 0. The summed E-state index contributed by atoms with van der Waals surface area (Å²) in [4.78, 5) is 14.4. The highest BCUT2D eigenvalue weighted by Crippen LogP contribution is 2.30. The highest BCUT2D eigenvalue weighted by atomic mass is 32.2. The monoisotopic (exact) mass is 455 g/mol. The summed E-state index contributed by atoms with van der Waals surface area (Å²) in [5.41, 5.74) is 2.53. The lowest BCUT2D eigenvalue weighted by Crippen LogP contribution is -2.42. The number of carbonyl (C=O) groups excluding carboxylic acids is 1. The normalized spacial score (nSPS) is 15.8. The Hall–Kier alpha value is -2.87. The number of fused-ring (bicyclic) bond motifs is 1. The molecule has 1 saturated heterocycles. The van der Waals surface area contributed by atoms with Crippen molar-refractivity contribution in [1.29, 1.82) is 0 Å². The second-order valence-electron chi connectivity index (χ2n) is 9.36. The van der Waals surface area contributed by atoms with Gasteiger partial charge in [0.25, 0.3) is 0 Å². The molecule has 1 aliphatic heterocycles. The number of rotatable bonds is 3. The number of carbonyl (C=O) groups is 1. The molecule has 2 heterocycles. The molecule has 0 N–H and O–H groups in total. The van der Waals surface area contributed by atoms with E-state index in [9.17, 15) is 13.2 Å². The predicted molar refractivity (Wildman–Crippen MR) is 124 cm³/mol. The van der Waals surface area contributed by atoms with Gasteiger partial charge < -0.3 is 9.64 Å². The summed E-state index contributed by atoms with van der Waals surface area (Å²) in [5, 5.41) is 5.66. The number of amides is 1. The Morgan fingerprint density at radius 3 is 2.25 bits per heavy atom. The van der Waals surface area contributed by atoms with E-state index in [1.54, 1.807) is 17.0 Å². The second kappa shape index (κ2) is 8.24. The van der Waals surface area contributed by atoms with Gasteiger partial charge in [-0.25, -0.2) is 13.2 Å². The van der Waals surface area contributed by atoms with Gasteiger partial charge in [0, 0.05) is 24.7 Å². The van der Waals surface area contributed by atoms with Gasteiger partial charge in [0.05, 0.1) is 22.7 Å². The molecule has 1 fully saturated rings. The number of likely N-dealkylation sites (tertiary alicyclic amines) is 1. The molecule has 0 atom stereocenters. The maximum Gasteiger partial charge on any atom is 0.410 e. The van der Waals surface area contributed by atoms with Crippen molar-refractivity contribution in [3.8, 4) is 11.1 Å². The lowest BCUT2D eigenvalue weighted by atomic mass is 10.0. The van der Waals surface area contributed by atoms with Gasteiger partial charge in [-0.05, 0) is 69.0 Å². The quantitative estimate of drug-likeness (QED) is 0.573. The Morgan fingerprint density at radius 1 is 1.03 bits per heavy atom. The molecule has 1 aromatic heterocycles. The number of sulfone groups is 1. The topological polar surface area (TPSA) is 81.5 Å². The molecule has 0 bridgehead atoms. The average molecular weight is 456 g/mol. The minimum absolute atomic E-state index is 0.228. The first-order valence-corrected chi connectivity index (χ1v) is 12.7. The Balaban J connectivity index is 1.49. The molecule has 4 rings (SSSR count). The van der Waals surface area contributed by atoms with Crippen LogP contribution in [0.1, 0.15) is 39.7 Å². The molecular formula is C24H29N3O4S. The largest absolute Gasteiger partial charge is 0.444 e. The number of piperidine rings is 1. The molecule has 7 nitrogen and oxygen atoms in total. The van der Waals surface area contributed by atoms with Crippen LogP contribution in [0.5, 0.6) is 0 Å². The summed E-state index contributed by atoms with van der Waals surface area (Å²) in [6.07, 6.45) is 4.47. The van der Waals surface area contributed by atoms with E-state index in [0.717, 1.165) is 34.9 Å². The van der Waals surface area contributed by atoms with Gasteiger partial charge in [0.2, 0.25) is 0 Å². The van der Waals surface area contributed by atoms with Crippen molar-refractivity contribution in [3.63, 3.8) is 0 Å². The number of nitrogens with zero attached hydrogens (tertiary/aromatic N) is 3. The van der Waals surface area contributed by atoms with Crippen LogP contribution in [0.25, 0.3) is 22.0 Å². The molecule has 32 heavy (non-hydrogen) atoms. The van der Waals surface area contributed by atoms with E-state index < -0.39 is 15.4 Å². The highest BCUT2D eigenvalue weighted by molar-refractivity contribution is 7.90. The Labute approximate surface area is 188 Å². The number of aromatic nitrogens is 2. The number of benzene rings is 2. The molecule has 8 heteroatoms. The summed E-state index contributed by atoms with van der Waals surface area (Å²) in [6.45, 7) is 6.92. The lowest BCUT2D eigenvalue weighted by molar-refractivity contribution is 0.0186. The van der Waals surface area contributed by atoms with Crippen LogP contribution in [0.15, 0.2) is 53.6 Å². The third kappa shape index (κ3) is 4.80. The zero-order valence-corrected chi connectivity index (χ0v) is 19.7. The minimum atomic E-state index is -3.21. The molecule has 0 aliphatic carbocycles. The summed E-state index contributed by atoms with van der Waals surface area (Å²) < 4.78 is 30.9. The van der Waals surface area contributed by atoms with Crippen LogP contribution in [0.4, 0.5) is 4.79 Å². The van der Waals surface area contributed by atoms with Gasteiger partial charge in [0.15, 0.2) is 9.84 Å². The zero-order valence-electron chi connectivity index (χ0n) is 18.9. The zero-order chi connectivity index (χ0) is 23.1. The van der Waals surface area contributed by atoms with Crippen LogP contribution in [0, 0.1) is 0 Å². The number of hydrogen-bond donors (Lipinski definition) is 0. The van der Waals surface area contributed by atoms with Crippen molar-refractivity contribution in [2.24, 2.45) is 0 Å². The third-order valence-corrected chi connectivity index (χ3v) is 6.80. The van der Waals surface area contributed by atoms with E-state index in [1.807, 2.05) is 45.2 Å². The number of hydrogen-bond acceptors (Lipinski definition) is 5.